The van der Waals surface area contributed by atoms with Gasteiger partial charge in [-0.3, -0.25) is 4.68 Å². The summed E-state index contributed by atoms with van der Waals surface area (Å²) in [5.74, 6) is 0.759. The zero-order chi connectivity index (χ0) is 12.3. The number of aromatic nitrogens is 3. The van der Waals surface area contributed by atoms with Gasteiger partial charge >= 0.3 is 0 Å². The molecule has 0 fully saturated rings. The van der Waals surface area contributed by atoms with E-state index in [1.54, 1.807) is 13.3 Å². The summed E-state index contributed by atoms with van der Waals surface area (Å²) < 4.78 is 7.16. The van der Waals surface area contributed by atoms with Crippen molar-refractivity contribution in [2.75, 3.05) is 7.11 Å². The van der Waals surface area contributed by atoms with Crippen molar-refractivity contribution in [1.29, 1.82) is 0 Å². The van der Waals surface area contributed by atoms with Crippen molar-refractivity contribution >= 4 is 11.6 Å². The Bertz CT molecular complexity index is 510. The third-order valence-electron chi connectivity index (χ3n) is 2.57. The first kappa shape index (κ1) is 11.9. The number of halogens is 1. The number of methoxy groups -OCH3 is 1. The lowest BCUT2D eigenvalue weighted by atomic mass is 10.1. The maximum absolute atomic E-state index is 6.08. The molecule has 2 heterocycles. The molecule has 2 rings (SSSR count). The van der Waals surface area contributed by atoms with Gasteiger partial charge in [-0.25, -0.2) is 4.98 Å². The zero-order valence-corrected chi connectivity index (χ0v) is 10.6. The van der Waals surface area contributed by atoms with Crippen LogP contribution in [-0.2, 0) is 13.0 Å². The molecule has 0 N–H and O–H groups in total. The van der Waals surface area contributed by atoms with E-state index in [2.05, 4.69) is 17.0 Å². The molecule has 4 nitrogen and oxygen atoms in total. The van der Waals surface area contributed by atoms with Gasteiger partial charge in [-0.05, 0) is 18.6 Å². The highest BCUT2D eigenvalue weighted by Gasteiger charge is 2.10. The molecule has 0 aliphatic rings. The zero-order valence-electron chi connectivity index (χ0n) is 9.85. The first-order chi connectivity index (χ1) is 8.24. The van der Waals surface area contributed by atoms with E-state index in [1.165, 1.54) is 0 Å². The summed E-state index contributed by atoms with van der Waals surface area (Å²) in [4.78, 5) is 4.07. The Labute approximate surface area is 105 Å². The first-order valence-electron chi connectivity index (χ1n) is 5.43. The second-order valence-corrected chi connectivity index (χ2v) is 4.02. The summed E-state index contributed by atoms with van der Waals surface area (Å²) in [6.45, 7) is 2.91. The number of hydrogen-bond donors (Lipinski definition) is 0. The molecule has 0 bridgehead atoms. The highest BCUT2D eigenvalue weighted by atomic mass is 35.5. The van der Waals surface area contributed by atoms with Crippen molar-refractivity contribution in [2.45, 2.75) is 19.9 Å². The molecule has 0 saturated carbocycles. The van der Waals surface area contributed by atoms with Crippen LogP contribution in [0.2, 0.25) is 5.15 Å². The molecule has 17 heavy (non-hydrogen) atoms. The predicted molar refractivity (Wildman–Crippen MR) is 66.5 cm³/mol. The van der Waals surface area contributed by atoms with Crippen molar-refractivity contribution < 1.29 is 4.74 Å². The fourth-order valence-corrected chi connectivity index (χ4v) is 1.89. The third kappa shape index (κ3) is 2.58. The Balaban J connectivity index is 2.28. The second-order valence-electron chi connectivity index (χ2n) is 3.66. The van der Waals surface area contributed by atoms with Crippen LogP contribution in [0.15, 0.2) is 24.7 Å². The van der Waals surface area contributed by atoms with E-state index in [-0.39, 0.29) is 0 Å². The van der Waals surface area contributed by atoms with Gasteiger partial charge in [0.2, 0.25) is 0 Å². The van der Waals surface area contributed by atoms with Crippen molar-refractivity contribution in [3.05, 3.63) is 40.9 Å². The SMILES string of the molecule is CCn1cc(Cc2c(OC)ccnc2Cl)cn1. The average Bonchev–Trinajstić information content (AvgIpc) is 2.79. The number of rotatable bonds is 4. The van der Waals surface area contributed by atoms with Gasteiger partial charge in [-0.15, -0.1) is 0 Å². The van der Waals surface area contributed by atoms with Crippen molar-refractivity contribution in [3.63, 3.8) is 0 Å². The lowest BCUT2D eigenvalue weighted by Crippen LogP contribution is -1.96. The standard InChI is InChI=1S/C12H14ClN3O/c1-3-16-8-9(7-15-16)6-10-11(17-2)4-5-14-12(10)13/h4-5,7-8H,3,6H2,1-2H3. The van der Waals surface area contributed by atoms with E-state index in [1.807, 2.05) is 23.1 Å². The minimum Gasteiger partial charge on any atom is -0.496 e. The summed E-state index contributed by atoms with van der Waals surface area (Å²) in [6, 6.07) is 1.81. The Morgan fingerprint density at radius 1 is 1.47 bits per heavy atom. The van der Waals surface area contributed by atoms with Crippen molar-refractivity contribution in [1.82, 2.24) is 14.8 Å². The van der Waals surface area contributed by atoms with E-state index >= 15 is 0 Å². The second kappa shape index (κ2) is 5.19. The summed E-state index contributed by atoms with van der Waals surface area (Å²) in [5, 5.41) is 4.71. The van der Waals surface area contributed by atoms with Crippen LogP contribution in [-0.4, -0.2) is 21.9 Å². The Morgan fingerprint density at radius 2 is 2.29 bits per heavy atom. The molecule has 0 aliphatic heterocycles. The molecule has 0 radical (unpaired) electrons. The van der Waals surface area contributed by atoms with Crippen LogP contribution in [0.4, 0.5) is 0 Å². The Hall–Kier alpha value is -1.55. The highest BCUT2D eigenvalue weighted by molar-refractivity contribution is 6.30. The molecule has 0 unspecified atom stereocenters. The quantitative estimate of drug-likeness (QED) is 0.784. The van der Waals surface area contributed by atoms with Crippen molar-refractivity contribution in [3.8, 4) is 5.75 Å². The number of ether oxygens (including phenoxy) is 1. The van der Waals surface area contributed by atoms with Gasteiger partial charge in [0.25, 0.3) is 0 Å². The van der Waals surface area contributed by atoms with Gasteiger partial charge in [0, 0.05) is 30.9 Å². The maximum atomic E-state index is 6.08. The topological polar surface area (TPSA) is 39.9 Å². The smallest absolute Gasteiger partial charge is 0.136 e. The first-order valence-corrected chi connectivity index (χ1v) is 5.81. The largest absolute Gasteiger partial charge is 0.496 e. The predicted octanol–water partition coefficient (Wildman–Crippen LogP) is 2.55. The molecule has 2 aromatic rings. The normalized spacial score (nSPS) is 10.5. The molecular formula is C12H14ClN3O. The summed E-state index contributed by atoms with van der Waals surface area (Å²) in [6.07, 6.45) is 6.16. The fraction of sp³-hybridized carbons (Fsp3) is 0.333. The van der Waals surface area contributed by atoms with Gasteiger partial charge in [0.1, 0.15) is 10.9 Å². The molecule has 0 amide bonds. The summed E-state index contributed by atoms with van der Waals surface area (Å²) in [7, 11) is 1.63. The highest BCUT2D eigenvalue weighted by Crippen LogP contribution is 2.26. The van der Waals surface area contributed by atoms with Gasteiger partial charge in [-0.2, -0.15) is 5.10 Å². The molecule has 0 spiro atoms. The minimum atomic E-state index is 0.480. The van der Waals surface area contributed by atoms with E-state index in [4.69, 9.17) is 16.3 Å². The lowest BCUT2D eigenvalue weighted by molar-refractivity contribution is 0.410. The molecule has 0 saturated heterocycles. The van der Waals surface area contributed by atoms with Gasteiger partial charge < -0.3 is 4.74 Å². The summed E-state index contributed by atoms with van der Waals surface area (Å²) >= 11 is 6.08. The number of nitrogens with zero attached hydrogens (tertiary/aromatic N) is 3. The molecule has 90 valence electrons. The van der Waals surface area contributed by atoms with Crippen LogP contribution in [0.1, 0.15) is 18.1 Å². The van der Waals surface area contributed by atoms with E-state index in [0.29, 0.717) is 11.6 Å². The van der Waals surface area contributed by atoms with Crippen molar-refractivity contribution in [2.24, 2.45) is 0 Å². The summed E-state index contributed by atoms with van der Waals surface area (Å²) in [5.41, 5.74) is 1.99. The van der Waals surface area contributed by atoms with Crippen LogP contribution in [0.3, 0.4) is 0 Å². The van der Waals surface area contributed by atoms with Crippen LogP contribution in [0, 0.1) is 0 Å². The number of hydrogen-bond acceptors (Lipinski definition) is 3. The van der Waals surface area contributed by atoms with E-state index < -0.39 is 0 Å². The fourth-order valence-electron chi connectivity index (χ4n) is 1.68. The molecule has 0 atom stereocenters. The molecular weight excluding hydrogens is 238 g/mol. The Morgan fingerprint density at radius 3 is 2.94 bits per heavy atom. The molecule has 2 aromatic heterocycles. The lowest BCUT2D eigenvalue weighted by Gasteiger charge is -2.08. The van der Waals surface area contributed by atoms with Gasteiger partial charge in [0.15, 0.2) is 0 Å². The van der Waals surface area contributed by atoms with E-state index in [9.17, 15) is 0 Å². The van der Waals surface area contributed by atoms with Crippen LogP contribution >= 0.6 is 11.6 Å². The van der Waals surface area contributed by atoms with Crippen LogP contribution < -0.4 is 4.74 Å². The molecule has 5 heteroatoms. The van der Waals surface area contributed by atoms with Gasteiger partial charge in [-0.1, -0.05) is 11.6 Å². The molecule has 0 aromatic carbocycles. The minimum absolute atomic E-state index is 0.480. The average molecular weight is 252 g/mol. The number of aryl methyl sites for hydroxylation is 1. The Kier molecular flexibility index (Phi) is 3.64. The molecule has 0 aliphatic carbocycles. The monoisotopic (exact) mass is 251 g/mol. The van der Waals surface area contributed by atoms with Gasteiger partial charge in [0.05, 0.1) is 13.3 Å². The third-order valence-corrected chi connectivity index (χ3v) is 2.90. The maximum Gasteiger partial charge on any atom is 0.136 e. The van der Waals surface area contributed by atoms with Crippen LogP contribution in [0.5, 0.6) is 5.75 Å². The number of pyridine rings is 1. The van der Waals surface area contributed by atoms with E-state index in [0.717, 1.165) is 23.4 Å². The van der Waals surface area contributed by atoms with Crippen LogP contribution in [0.25, 0.3) is 0 Å².